The number of carbonyl (C=O) groups is 2. The topological polar surface area (TPSA) is 75.4 Å². The molecule has 0 bridgehead atoms. The number of hydrogen-bond acceptors (Lipinski definition) is 3. The Labute approximate surface area is 115 Å². The molecule has 1 aliphatic rings. The Kier molecular flexibility index (Phi) is 5.79. The van der Waals surface area contributed by atoms with Gasteiger partial charge in [-0.05, 0) is 31.6 Å². The first-order chi connectivity index (χ1) is 8.95. The number of hydrogen-bond donors (Lipinski definition) is 2. The number of nitrogens with one attached hydrogen (secondary N) is 1. The summed E-state index contributed by atoms with van der Waals surface area (Å²) in [6, 6.07) is 0. The number of nitrogens with zero attached hydrogens (tertiary/aromatic N) is 1. The van der Waals surface area contributed by atoms with Gasteiger partial charge in [-0.15, -0.1) is 0 Å². The predicted molar refractivity (Wildman–Crippen MR) is 75.4 cm³/mol. The molecule has 0 saturated heterocycles. The monoisotopic (exact) mass is 269 g/mol. The van der Waals surface area contributed by atoms with Crippen molar-refractivity contribution in [1.82, 2.24) is 10.2 Å². The number of rotatable bonds is 5. The standard InChI is InChI=1S/C14H27N3O2/c1-11-4-7-14(10-15,8-5-11)13(19)17(3)9-6-12(18)16-2/h11H,4-10,15H2,1-3H3,(H,16,18). The lowest BCUT2D eigenvalue weighted by atomic mass is 9.70. The molecule has 3 N–H and O–H groups in total. The average Bonchev–Trinajstić information content (AvgIpc) is 2.44. The van der Waals surface area contributed by atoms with Crippen molar-refractivity contribution in [1.29, 1.82) is 0 Å². The number of nitrogens with two attached hydrogens (primary N) is 1. The summed E-state index contributed by atoms with van der Waals surface area (Å²) in [4.78, 5) is 25.5. The van der Waals surface area contributed by atoms with Gasteiger partial charge in [0.1, 0.15) is 0 Å². The van der Waals surface area contributed by atoms with E-state index in [1.807, 2.05) is 0 Å². The van der Waals surface area contributed by atoms with E-state index in [0.717, 1.165) is 25.7 Å². The first-order valence-corrected chi connectivity index (χ1v) is 7.11. The van der Waals surface area contributed by atoms with E-state index in [9.17, 15) is 9.59 Å². The molecule has 0 aromatic heterocycles. The van der Waals surface area contributed by atoms with E-state index in [4.69, 9.17) is 5.73 Å². The van der Waals surface area contributed by atoms with Crippen molar-refractivity contribution in [2.75, 3.05) is 27.2 Å². The lowest BCUT2D eigenvalue weighted by Crippen LogP contribution is -2.49. The molecule has 110 valence electrons. The molecule has 0 aliphatic heterocycles. The maximum atomic E-state index is 12.6. The van der Waals surface area contributed by atoms with Crippen LogP contribution in [-0.2, 0) is 9.59 Å². The van der Waals surface area contributed by atoms with Crippen LogP contribution in [0.15, 0.2) is 0 Å². The zero-order chi connectivity index (χ0) is 14.5. The van der Waals surface area contributed by atoms with Crippen molar-refractivity contribution in [3.05, 3.63) is 0 Å². The summed E-state index contributed by atoms with van der Waals surface area (Å²) in [7, 11) is 3.37. The first kappa shape index (κ1) is 16.0. The molecule has 0 atom stereocenters. The van der Waals surface area contributed by atoms with Crippen LogP contribution in [0.3, 0.4) is 0 Å². The summed E-state index contributed by atoms with van der Waals surface area (Å²) >= 11 is 0. The Morgan fingerprint density at radius 3 is 2.42 bits per heavy atom. The minimum Gasteiger partial charge on any atom is -0.359 e. The predicted octanol–water partition coefficient (Wildman–Crippen LogP) is 0.736. The highest BCUT2D eigenvalue weighted by Gasteiger charge is 2.41. The van der Waals surface area contributed by atoms with E-state index in [0.29, 0.717) is 25.4 Å². The minimum atomic E-state index is -0.399. The van der Waals surface area contributed by atoms with Crippen molar-refractivity contribution in [2.24, 2.45) is 17.1 Å². The van der Waals surface area contributed by atoms with Crippen molar-refractivity contribution < 1.29 is 9.59 Å². The maximum absolute atomic E-state index is 12.6. The van der Waals surface area contributed by atoms with Crippen LogP contribution in [0.5, 0.6) is 0 Å². The molecule has 0 unspecified atom stereocenters. The summed E-state index contributed by atoms with van der Waals surface area (Å²) in [5, 5.41) is 2.57. The zero-order valence-electron chi connectivity index (χ0n) is 12.4. The molecule has 19 heavy (non-hydrogen) atoms. The number of carbonyl (C=O) groups excluding carboxylic acids is 2. The molecule has 0 aromatic rings. The highest BCUT2D eigenvalue weighted by molar-refractivity contribution is 5.83. The molecular formula is C14H27N3O2. The van der Waals surface area contributed by atoms with Gasteiger partial charge in [-0.25, -0.2) is 0 Å². The molecule has 0 heterocycles. The molecular weight excluding hydrogens is 242 g/mol. The van der Waals surface area contributed by atoms with Crippen molar-refractivity contribution in [3.63, 3.8) is 0 Å². The van der Waals surface area contributed by atoms with Crippen LogP contribution in [0, 0.1) is 11.3 Å². The summed E-state index contributed by atoms with van der Waals surface area (Å²) in [5.41, 5.74) is 5.48. The Bertz CT molecular complexity index is 323. The summed E-state index contributed by atoms with van der Waals surface area (Å²) in [6.45, 7) is 3.08. The number of amides is 2. The van der Waals surface area contributed by atoms with Gasteiger partial charge < -0.3 is 16.0 Å². The molecule has 0 spiro atoms. The second-order valence-corrected chi connectivity index (χ2v) is 5.82. The quantitative estimate of drug-likeness (QED) is 0.773. The molecule has 1 fully saturated rings. The average molecular weight is 269 g/mol. The van der Waals surface area contributed by atoms with Crippen LogP contribution in [0.2, 0.25) is 0 Å². The largest absolute Gasteiger partial charge is 0.359 e. The van der Waals surface area contributed by atoms with Crippen LogP contribution < -0.4 is 11.1 Å². The first-order valence-electron chi connectivity index (χ1n) is 7.11. The molecule has 1 rings (SSSR count). The van der Waals surface area contributed by atoms with Crippen molar-refractivity contribution >= 4 is 11.8 Å². The van der Waals surface area contributed by atoms with Gasteiger partial charge in [0.25, 0.3) is 0 Å². The Morgan fingerprint density at radius 2 is 1.95 bits per heavy atom. The SMILES string of the molecule is CNC(=O)CCN(C)C(=O)C1(CN)CCC(C)CC1. The smallest absolute Gasteiger partial charge is 0.229 e. The fraction of sp³-hybridized carbons (Fsp3) is 0.857. The molecule has 1 saturated carbocycles. The highest BCUT2D eigenvalue weighted by Crippen LogP contribution is 2.39. The van der Waals surface area contributed by atoms with Gasteiger partial charge in [-0.3, -0.25) is 9.59 Å². The van der Waals surface area contributed by atoms with Gasteiger partial charge in [0.15, 0.2) is 0 Å². The van der Waals surface area contributed by atoms with E-state index in [1.54, 1.807) is 19.0 Å². The van der Waals surface area contributed by atoms with Crippen LogP contribution >= 0.6 is 0 Å². The third-order valence-electron chi connectivity index (χ3n) is 4.38. The summed E-state index contributed by atoms with van der Waals surface area (Å²) in [6.07, 6.45) is 4.20. The Hall–Kier alpha value is -1.10. The van der Waals surface area contributed by atoms with Gasteiger partial charge in [0, 0.05) is 33.6 Å². The van der Waals surface area contributed by atoms with Crippen LogP contribution in [0.4, 0.5) is 0 Å². The van der Waals surface area contributed by atoms with Gasteiger partial charge in [-0.2, -0.15) is 0 Å². The van der Waals surface area contributed by atoms with Crippen LogP contribution in [0.25, 0.3) is 0 Å². The molecule has 1 aliphatic carbocycles. The van der Waals surface area contributed by atoms with E-state index in [2.05, 4.69) is 12.2 Å². The second-order valence-electron chi connectivity index (χ2n) is 5.82. The second kappa shape index (κ2) is 6.89. The van der Waals surface area contributed by atoms with Crippen molar-refractivity contribution in [3.8, 4) is 0 Å². The Balaban J connectivity index is 2.60. The third kappa shape index (κ3) is 3.93. The van der Waals surface area contributed by atoms with E-state index >= 15 is 0 Å². The Morgan fingerprint density at radius 1 is 1.37 bits per heavy atom. The molecule has 0 radical (unpaired) electrons. The van der Waals surface area contributed by atoms with Gasteiger partial charge in [0.2, 0.25) is 11.8 Å². The van der Waals surface area contributed by atoms with E-state index < -0.39 is 5.41 Å². The minimum absolute atomic E-state index is 0.0429. The summed E-state index contributed by atoms with van der Waals surface area (Å²) < 4.78 is 0. The zero-order valence-corrected chi connectivity index (χ0v) is 12.4. The maximum Gasteiger partial charge on any atom is 0.229 e. The van der Waals surface area contributed by atoms with Gasteiger partial charge in [-0.1, -0.05) is 6.92 Å². The fourth-order valence-corrected chi connectivity index (χ4v) is 2.72. The van der Waals surface area contributed by atoms with Gasteiger partial charge in [0.05, 0.1) is 5.41 Å². The third-order valence-corrected chi connectivity index (χ3v) is 4.38. The highest BCUT2D eigenvalue weighted by atomic mass is 16.2. The van der Waals surface area contributed by atoms with E-state index in [-0.39, 0.29) is 11.8 Å². The van der Waals surface area contributed by atoms with Gasteiger partial charge >= 0.3 is 0 Å². The fourth-order valence-electron chi connectivity index (χ4n) is 2.72. The van der Waals surface area contributed by atoms with Crippen molar-refractivity contribution in [2.45, 2.75) is 39.0 Å². The normalized spacial score (nSPS) is 26.8. The molecule has 5 nitrogen and oxygen atoms in total. The van der Waals surface area contributed by atoms with Crippen LogP contribution in [-0.4, -0.2) is 43.9 Å². The lowest BCUT2D eigenvalue weighted by molar-refractivity contribution is -0.143. The van der Waals surface area contributed by atoms with E-state index in [1.165, 1.54) is 0 Å². The van der Waals surface area contributed by atoms with Crippen LogP contribution in [0.1, 0.15) is 39.0 Å². The molecule has 0 aromatic carbocycles. The summed E-state index contributed by atoms with van der Waals surface area (Å²) in [5.74, 6) is 0.744. The molecule has 2 amide bonds. The molecule has 5 heteroatoms. The lowest BCUT2D eigenvalue weighted by Gasteiger charge is -2.39.